The lowest BCUT2D eigenvalue weighted by Gasteiger charge is -2.34. The molecule has 0 aliphatic carbocycles. The Morgan fingerprint density at radius 1 is 0.929 bits per heavy atom. The Morgan fingerprint density at radius 3 is 2.29 bits per heavy atom. The maximum atomic E-state index is 12.5. The highest BCUT2D eigenvalue weighted by Crippen LogP contribution is 2.19. The molecule has 152 valence electrons. The third-order valence-corrected chi connectivity index (χ3v) is 5.55. The molecule has 1 aromatic carbocycles. The second kappa shape index (κ2) is 10.3. The van der Waals surface area contributed by atoms with Crippen LogP contribution in [0, 0.1) is 0 Å². The third kappa shape index (κ3) is 5.58. The minimum Gasteiger partial charge on any atom is -0.496 e. The fraction of sp³-hybridized carbons (Fsp3) is 0.545. The second-order valence-corrected chi connectivity index (χ2v) is 7.47. The lowest BCUT2D eigenvalue weighted by atomic mass is 10.2. The van der Waals surface area contributed by atoms with Gasteiger partial charge in [-0.15, -0.1) is 0 Å². The van der Waals surface area contributed by atoms with E-state index in [1.165, 1.54) is 12.8 Å². The van der Waals surface area contributed by atoms with Crippen LogP contribution in [-0.2, 0) is 9.59 Å². The number of para-hydroxylation sites is 1. The molecule has 2 fully saturated rings. The van der Waals surface area contributed by atoms with Gasteiger partial charge >= 0.3 is 0 Å². The molecule has 0 atom stereocenters. The highest BCUT2D eigenvalue weighted by Gasteiger charge is 2.23. The number of benzene rings is 1. The zero-order chi connectivity index (χ0) is 19.8. The molecule has 28 heavy (non-hydrogen) atoms. The molecule has 6 heteroatoms. The summed E-state index contributed by atoms with van der Waals surface area (Å²) in [6, 6.07) is 7.64. The number of amides is 2. The quantitative estimate of drug-likeness (QED) is 0.730. The van der Waals surface area contributed by atoms with Crippen LogP contribution in [0.25, 0.3) is 6.08 Å². The van der Waals surface area contributed by atoms with Gasteiger partial charge < -0.3 is 14.5 Å². The van der Waals surface area contributed by atoms with Gasteiger partial charge in [-0.1, -0.05) is 31.0 Å². The number of hydrogen-bond donors (Lipinski definition) is 0. The first-order valence-corrected chi connectivity index (χ1v) is 10.3. The average molecular weight is 386 g/mol. The van der Waals surface area contributed by atoms with Crippen LogP contribution in [0.2, 0.25) is 0 Å². The summed E-state index contributed by atoms with van der Waals surface area (Å²) in [5.41, 5.74) is 0.889. The summed E-state index contributed by atoms with van der Waals surface area (Å²) < 4.78 is 5.31. The largest absolute Gasteiger partial charge is 0.496 e. The van der Waals surface area contributed by atoms with Crippen molar-refractivity contribution < 1.29 is 14.3 Å². The molecule has 2 saturated heterocycles. The Bertz CT molecular complexity index is 688. The fourth-order valence-corrected chi connectivity index (χ4v) is 3.81. The van der Waals surface area contributed by atoms with Crippen molar-refractivity contribution >= 4 is 17.9 Å². The van der Waals surface area contributed by atoms with E-state index in [9.17, 15) is 9.59 Å². The maximum absolute atomic E-state index is 12.5. The molecule has 0 radical (unpaired) electrons. The summed E-state index contributed by atoms with van der Waals surface area (Å²) in [7, 11) is 1.63. The van der Waals surface area contributed by atoms with Crippen LogP contribution < -0.4 is 4.74 Å². The summed E-state index contributed by atoms with van der Waals surface area (Å²) in [6.07, 6.45) is 8.10. The number of nitrogens with zero attached hydrogens (tertiary/aromatic N) is 3. The lowest BCUT2D eigenvalue weighted by Crippen LogP contribution is -2.51. The standard InChI is InChI=1S/C22H31N3O3/c1-28-20-9-5-4-8-19(20)10-11-21(26)25-16-14-23(15-17-25)18-22(27)24-12-6-2-3-7-13-24/h4-5,8-11H,2-3,6-7,12-18H2,1H3. The summed E-state index contributed by atoms with van der Waals surface area (Å²) >= 11 is 0. The van der Waals surface area contributed by atoms with E-state index < -0.39 is 0 Å². The molecule has 0 bridgehead atoms. The number of piperazine rings is 1. The predicted octanol–water partition coefficient (Wildman–Crippen LogP) is 2.26. The van der Waals surface area contributed by atoms with E-state index in [1.807, 2.05) is 34.1 Å². The summed E-state index contributed by atoms with van der Waals surface area (Å²) in [4.78, 5) is 31.1. The SMILES string of the molecule is COc1ccccc1C=CC(=O)N1CCN(CC(=O)N2CCCCCC2)CC1. The number of carbonyl (C=O) groups excluding carboxylic acids is 2. The normalized spacial score (nSPS) is 18.9. The summed E-state index contributed by atoms with van der Waals surface area (Å²) in [5, 5.41) is 0. The van der Waals surface area contributed by atoms with Crippen molar-refractivity contribution in [1.29, 1.82) is 0 Å². The van der Waals surface area contributed by atoms with E-state index in [-0.39, 0.29) is 11.8 Å². The first kappa shape index (κ1) is 20.4. The van der Waals surface area contributed by atoms with E-state index in [0.29, 0.717) is 19.6 Å². The molecule has 3 rings (SSSR count). The molecule has 2 heterocycles. The fourth-order valence-electron chi connectivity index (χ4n) is 3.81. The highest BCUT2D eigenvalue weighted by molar-refractivity contribution is 5.92. The van der Waals surface area contributed by atoms with Gasteiger partial charge in [-0.2, -0.15) is 0 Å². The second-order valence-electron chi connectivity index (χ2n) is 7.47. The van der Waals surface area contributed by atoms with Crippen LogP contribution in [0.1, 0.15) is 31.2 Å². The Labute approximate surface area is 167 Å². The zero-order valence-corrected chi connectivity index (χ0v) is 16.8. The molecule has 0 spiro atoms. The zero-order valence-electron chi connectivity index (χ0n) is 16.8. The van der Waals surface area contributed by atoms with Crippen molar-refractivity contribution in [2.45, 2.75) is 25.7 Å². The van der Waals surface area contributed by atoms with Gasteiger partial charge in [0.1, 0.15) is 5.75 Å². The summed E-state index contributed by atoms with van der Waals surface area (Å²) in [5.74, 6) is 0.991. The van der Waals surface area contributed by atoms with E-state index in [0.717, 1.165) is 50.3 Å². The Morgan fingerprint density at radius 2 is 1.61 bits per heavy atom. The number of likely N-dealkylation sites (tertiary alicyclic amines) is 1. The molecule has 0 N–H and O–H groups in total. The van der Waals surface area contributed by atoms with Gasteiger partial charge in [0, 0.05) is 50.9 Å². The van der Waals surface area contributed by atoms with E-state index >= 15 is 0 Å². The van der Waals surface area contributed by atoms with E-state index in [2.05, 4.69) is 4.90 Å². The van der Waals surface area contributed by atoms with Gasteiger partial charge in [0.25, 0.3) is 0 Å². The van der Waals surface area contributed by atoms with Gasteiger partial charge in [0.05, 0.1) is 13.7 Å². The van der Waals surface area contributed by atoms with Crippen LogP contribution in [0.15, 0.2) is 30.3 Å². The third-order valence-electron chi connectivity index (χ3n) is 5.55. The number of ether oxygens (including phenoxy) is 1. The van der Waals surface area contributed by atoms with Gasteiger partial charge in [0.2, 0.25) is 11.8 Å². The van der Waals surface area contributed by atoms with Crippen molar-refractivity contribution in [3.8, 4) is 5.75 Å². The summed E-state index contributed by atoms with van der Waals surface area (Å²) in [6.45, 7) is 5.06. The molecule has 0 saturated carbocycles. The number of carbonyl (C=O) groups is 2. The van der Waals surface area contributed by atoms with Crippen LogP contribution in [0.4, 0.5) is 0 Å². The first-order chi connectivity index (χ1) is 13.7. The highest BCUT2D eigenvalue weighted by atomic mass is 16.5. The van der Waals surface area contributed by atoms with Crippen molar-refractivity contribution in [3.63, 3.8) is 0 Å². The molecule has 2 aliphatic heterocycles. The smallest absolute Gasteiger partial charge is 0.246 e. The van der Waals surface area contributed by atoms with Crippen molar-refractivity contribution in [2.24, 2.45) is 0 Å². The van der Waals surface area contributed by atoms with Crippen LogP contribution in [0.5, 0.6) is 5.75 Å². The molecular weight excluding hydrogens is 354 g/mol. The van der Waals surface area contributed by atoms with E-state index in [1.54, 1.807) is 19.3 Å². The average Bonchev–Trinajstić information content (AvgIpc) is 3.02. The van der Waals surface area contributed by atoms with Crippen LogP contribution in [-0.4, -0.2) is 79.4 Å². The Hall–Kier alpha value is -2.34. The predicted molar refractivity (Wildman–Crippen MR) is 110 cm³/mol. The van der Waals surface area contributed by atoms with Crippen LogP contribution in [0.3, 0.4) is 0 Å². The van der Waals surface area contributed by atoms with Crippen LogP contribution >= 0.6 is 0 Å². The topological polar surface area (TPSA) is 53.1 Å². The van der Waals surface area contributed by atoms with Gasteiger partial charge in [-0.3, -0.25) is 14.5 Å². The number of hydrogen-bond acceptors (Lipinski definition) is 4. The number of methoxy groups -OCH3 is 1. The van der Waals surface area contributed by atoms with E-state index in [4.69, 9.17) is 4.74 Å². The maximum Gasteiger partial charge on any atom is 0.246 e. The van der Waals surface area contributed by atoms with Gasteiger partial charge in [0.15, 0.2) is 0 Å². The molecule has 2 aliphatic rings. The lowest BCUT2D eigenvalue weighted by molar-refractivity contribution is -0.133. The van der Waals surface area contributed by atoms with Crippen molar-refractivity contribution in [2.75, 3.05) is 52.9 Å². The van der Waals surface area contributed by atoms with Crippen molar-refractivity contribution in [1.82, 2.24) is 14.7 Å². The molecule has 6 nitrogen and oxygen atoms in total. The number of rotatable bonds is 5. The molecular formula is C22H31N3O3. The molecule has 0 unspecified atom stereocenters. The van der Waals surface area contributed by atoms with Gasteiger partial charge in [-0.25, -0.2) is 0 Å². The molecule has 0 aromatic heterocycles. The molecule has 2 amide bonds. The minimum atomic E-state index is 0.00407. The molecule has 1 aromatic rings. The van der Waals surface area contributed by atoms with Gasteiger partial charge in [-0.05, 0) is 25.0 Å². The minimum absolute atomic E-state index is 0.00407. The Balaban J connectivity index is 1.46. The van der Waals surface area contributed by atoms with Crippen molar-refractivity contribution in [3.05, 3.63) is 35.9 Å². The first-order valence-electron chi connectivity index (χ1n) is 10.3. The Kier molecular flexibility index (Phi) is 7.48. The monoisotopic (exact) mass is 385 g/mol.